The summed E-state index contributed by atoms with van der Waals surface area (Å²) in [4.78, 5) is 1.26. The summed E-state index contributed by atoms with van der Waals surface area (Å²) >= 11 is 1.80. The van der Waals surface area contributed by atoms with Crippen molar-refractivity contribution in [3.8, 4) is 5.75 Å². The van der Waals surface area contributed by atoms with Crippen molar-refractivity contribution < 1.29 is 4.74 Å². The molecule has 0 atom stereocenters. The topological polar surface area (TPSA) is 35.2 Å². The molecule has 3 aromatic rings. The maximum atomic E-state index is 5.79. The Bertz CT molecular complexity index is 770. The zero-order valence-electron chi connectivity index (χ0n) is 11.9. The van der Waals surface area contributed by atoms with Gasteiger partial charge in [-0.3, -0.25) is 0 Å². The molecule has 0 spiro atoms. The molecule has 2 N–H and O–H groups in total. The third-order valence-corrected chi connectivity index (χ3v) is 4.47. The number of nitrogen functional groups attached to an aromatic ring is 1. The van der Waals surface area contributed by atoms with Crippen LogP contribution in [0.3, 0.4) is 0 Å². The molecule has 0 saturated heterocycles. The van der Waals surface area contributed by atoms with Crippen molar-refractivity contribution >= 4 is 28.2 Å². The van der Waals surface area contributed by atoms with Crippen molar-refractivity contribution in [2.45, 2.75) is 10.6 Å². The van der Waals surface area contributed by atoms with Crippen LogP contribution in [-0.4, -0.2) is 7.11 Å². The van der Waals surface area contributed by atoms with Gasteiger partial charge in [0.2, 0.25) is 0 Å². The van der Waals surface area contributed by atoms with Gasteiger partial charge in [-0.05, 0) is 29.0 Å². The Hall–Kier alpha value is -2.13. The van der Waals surface area contributed by atoms with Gasteiger partial charge in [-0.25, -0.2) is 0 Å². The number of hydrogen-bond acceptors (Lipinski definition) is 3. The van der Waals surface area contributed by atoms with Gasteiger partial charge < -0.3 is 10.5 Å². The number of benzene rings is 3. The molecule has 0 heterocycles. The van der Waals surface area contributed by atoms with Gasteiger partial charge in [0.1, 0.15) is 5.75 Å². The number of fused-ring (bicyclic) bond motifs is 1. The molecule has 0 amide bonds. The highest BCUT2D eigenvalue weighted by molar-refractivity contribution is 7.98. The third-order valence-electron chi connectivity index (χ3n) is 3.43. The highest BCUT2D eigenvalue weighted by Crippen LogP contribution is 2.30. The first-order chi connectivity index (χ1) is 10.3. The number of anilines is 1. The Morgan fingerprint density at radius 2 is 1.76 bits per heavy atom. The lowest BCUT2D eigenvalue weighted by molar-refractivity contribution is 0.411. The van der Waals surface area contributed by atoms with Gasteiger partial charge in [-0.2, -0.15) is 0 Å². The van der Waals surface area contributed by atoms with Crippen molar-refractivity contribution in [1.82, 2.24) is 0 Å². The Morgan fingerprint density at radius 1 is 0.952 bits per heavy atom. The summed E-state index contributed by atoms with van der Waals surface area (Å²) in [6, 6.07) is 20.8. The quantitative estimate of drug-likeness (QED) is 0.558. The van der Waals surface area contributed by atoms with E-state index in [0.717, 1.165) is 22.8 Å². The van der Waals surface area contributed by atoms with Gasteiger partial charge in [0.25, 0.3) is 0 Å². The molecule has 0 radical (unpaired) electrons. The largest absolute Gasteiger partial charge is 0.496 e. The Morgan fingerprint density at radius 3 is 2.57 bits per heavy atom. The molecule has 0 aliphatic heterocycles. The Balaban J connectivity index is 1.80. The fraction of sp³-hybridized carbons (Fsp3) is 0.111. The molecular formula is C18H17NOS. The van der Waals surface area contributed by atoms with Crippen LogP contribution in [-0.2, 0) is 5.75 Å². The second kappa shape index (κ2) is 6.10. The van der Waals surface area contributed by atoms with Crippen LogP contribution in [0.4, 0.5) is 5.69 Å². The number of methoxy groups -OCH3 is 1. The molecule has 0 aromatic heterocycles. The molecule has 3 rings (SSSR count). The van der Waals surface area contributed by atoms with E-state index < -0.39 is 0 Å². The fourth-order valence-electron chi connectivity index (χ4n) is 2.30. The van der Waals surface area contributed by atoms with Crippen LogP contribution >= 0.6 is 11.8 Å². The summed E-state index contributed by atoms with van der Waals surface area (Å²) in [6.07, 6.45) is 0. The number of nitrogens with two attached hydrogens (primary N) is 1. The summed E-state index contributed by atoms with van der Waals surface area (Å²) in [5.74, 6) is 1.71. The van der Waals surface area contributed by atoms with Crippen molar-refractivity contribution in [3.63, 3.8) is 0 Å². The standard InChI is InChI=1S/C18H17NOS/c1-20-18-11-16(19)8-6-15(18)12-21-17-9-7-13-4-2-3-5-14(13)10-17/h2-11H,12,19H2,1H3. The van der Waals surface area contributed by atoms with E-state index in [1.54, 1.807) is 18.9 Å². The normalized spacial score (nSPS) is 10.7. The summed E-state index contributed by atoms with van der Waals surface area (Å²) in [7, 11) is 1.68. The molecule has 0 saturated carbocycles. The lowest BCUT2D eigenvalue weighted by atomic mass is 10.1. The minimum absolute atomic E-state index is 0.728. The van der Waals surface area contributed by atoms with Gasteiger partial charge in [-0.15, -0.1) is 11.8 Å². The number of ether oxygens (including phenoxy) is 1. The predicted molar refractivity (Wildman–Crippen MR) is 90.9 cm³/mol. The van der Waals surface area contributed by atoms with Crippen molar-refractivity contribution in [2.24, 2.45) is 0 Å². The zero-order chi connectivity index (χ0) is 14.7. The number of hydrogen-bond donors (Lipinski definition) is 1. The summed E-state index contributed by atoms with van der Waals surface area (Å²) in [5.41, 5.74) is 7.67. The first-order valence-corrected chi connectivity index (χ1v) is 7.79. The van der Waals surface area contributed by atoms with Crippen LogP contribution in [0.2, 0.25) is 0 Å². The lowest BCUT2D eigenvalue weighted by Crippen LogP contribution is -1.93. The lowest BCUT2D eigenvalue weighted by Gasteiger charge is -2.09. The number of thioether (sulfide) groups is 1. The van der Waals surface area contributed by atoms with Gasteiger partial charge >= 0.3 is 0 Å². The number of rotatable bonds is 4. The van der Waals surface area contributed by atoms with E-state index >= 15 is 0 Å². The molecule has 21 heavy (non-hydrogen) atoms. The molecule has 0 aliphatic rings. The predicted octanol–water partition coefficient (Wildman–Crippen LogP) is 4.72. The second-order valence-corrected chi connectivity index (χ2v) is 5.92. The van der Waals surface area contributed by atoms with Gasteiger partial charge in [-0.1, -0.05) is 36.4 Å². The molecule has 106 valence electrons. The van der Waals surface area contributed by atoms with Crippen LogP contribution in [0.1, 0.15) is 5.56 Å². The van der Waals surface area contributed by atoms with E-state index in [1.807, 2.05) is 18.2 Å². The smallest absolute Gasteiger partial charge is 0.124 e. The molecule has 2 nitrogen and oxygen atoms in total. The molecule has 3 aromatic carbocycles. The van der Waals surface area contributed by atoms with Crippen LogP contribution in [0.15, 0.2) is 65.6 Å². The average molecular weight is 295 g/mol. The van der Waals surface area contributed by atoms with Crippen molar-refractivity contribution in [2.75, 3.05) is 12.8 Å². The fourth-order valence-corrected chi connectivity index (χ4v) is 3.23. The Labute approximate surface area is 128 Å². The molecule has 0 fully saturated rings. The zero-order valence-corrected chi connectivity index (χ0v) is 12.7. The van der Waals surface area contributed by atoms with E-state index in [1.165, 1.54) is 15.7 Å². The van der Waals surface area contributed by atoms with Crippen molar-refractivity contribution in [3.05, 3.63) is 66.2 Å². The van der Waals surface area contributed by atoms with E-state index in [-0.39, 0.29) is 0 Å². The van der Waals surface area contributed by atoms with Crippen LogP contribution in [0, 0.1) is 0 Å². The second-order valence-electron chi connectivity index (χ2n) is 4.87. The monoisotopic (exact) mass is 295 g/mol. The maximum absolute atomic E-state index is 5.79. The van der Waals surface area contributed by atoms with Gasteiger partial charge in [0.05, 0.1) is 7.11 Å². The average Bonchev–Trinajstić information content (AvgIpc) is 2.53. The van der Waals surface area contributed by atoms with E-state index in [4.69, 9.17) is 10.5 Å². The van der Waals surface area contributed by atoms with Gasteiger partial charge in [0.15, 0.2) is 0 Å². The first kappa shape index (κ1) is 13.8. The molecule has 0 bridgehead atoms. The van der Waals surface area contributed by atoms with E-state index in [0.29, 0.717) is 0 Å². The highest BCUT2D eigenvalue weighted by atomic mass is 32.2. The SMILES string of the molecule is COc1cc(N)ccc1CSc1ccc2ccccc2c1. The summed E-state index contributed by atoms with van der Waals surface area (Å²) in [5, 5.41) is 2.54. The van der Waals surface area contributed by atoms with E-state index in [2.05, 4.69) is 42.5 Å². The molecular weight excluding hydrogens is 278 g/mol. The van der Waals surface area contributed by atoms with Crippen LogP contribution in [0.5, 0.6) is 5.75 Å². The van der Waals surface area contributed by atoms with Crippen LogP contribution in [0.25, 0.3) is 10.8 Å². The summed E-state index contributed by atoms with van der Waals surface area (Å²) < 4.78 is 5.39. The van der Waals surface area contributed by atoms with Crippen LogP contribution < -0.4 is 10.5 Å². The highest BCUT2D eigenvalue weighted by Gasteiger charge is 2.05. The van der Waals surface area contributed by atoms with Crippen molar-refractivity contribution in [1.29, 1.82) is 0 Å². The van der Waals surface area contributed by atoms with Gasteiger partial charge in [0, 0.05) is 28.0 Å². The maximum Gasteiger partial charge on any atom is 0.124 e. The Kier molecular flexibility index (Phi) is 4.02. The summed E-state index contributed by atoms with van der Waals surface area (Å²) in [6.45, 7) is 0. The minimum Gasteiger partial charge on any atom is -0.496 e. The minimum atomic E-state index is 0.728. The third kappa shape index (κ3) is 3.14. The first-order valence-electron chi connectivity index (χ1n) is 6.80. The molecule has 3 heteroatoms. The molecule has 0 aliphatic carbocycles. The van der Waals surface area contributed by atoms with E-state index in [9.17, 15) is 0 Å². The molecule has 0 unspecified atom stereocenters.